The molecule has 0 spiro atoms. The van der Waals surface area contributed by atoms with Crippen molar-refractivity contribution in [2.45, 2.75) is 12.8 Å². The van der Waals surface area contributed by atoms with E-state index in [4.69, 9.17) is 9.47 Å². The largest absolute Gasteiger partial charge is 0.454 e. The minimum atomic E-state index is 0.0788. The van der Waals surface area contributed by atoms with Gasteiger partial charge in [-0.25, -0.2) is 0 Å². The highest BCUT2D eigenvalue weighted by molar-refractivity contribution is 5.97. The molecular weight excluding hydrogens is 340 g/mol. The van der Waals surface area contributed by atoms with Crippen molar-refractivity contribution in [1.29, 1.82) is 0 Å². The SMILES string of the molecule is O=C(CCNc1ccc(Cc2ccncc2)cc1)c1ccc2c(c1)OCO2. The molecule has 0 aliphatic carbocycles. The Labute approximate surface area is 158 Å². The fourth-order valence-electron chi connectivity index (χ4n) is 3.01. The highest BCUT2D eigenvalue weighted by atomic mass is 16.7. The van der Waals surface area contributed by atoms with Crippen molar-refractivity contribution < 1.29 is 14.3 Å². The van der Waals surface area contributed by atoms with Crippen molar-refractivity contribution in [2.24, 2.45) is 0 Å². The second-order valence-corrected chi connectivity index (χ2v) is 6.40. The van der Waals surface area contributed by atoms with E-state index < -0.39 is 0 Å². The molecule has 0 atom stereocenters. The summed E-state index contributed by atoms with van der Waals surface area (Å²) in [7, 11) is 0. The first-order chi connectivity index (χ1) is 13.3. The minimum Gasteiger partial charge on any atom is -0.454 e. The predicted octanol–water partition coefficient (Wildman–Crippen LogP) is 4.09. The maximum Gasteiger partial charge on any atom is 0.231 e. The van der Waals surface area contributed by atoms with Crippen molar-refractivity contribution >= 4 is 11.5 Å². The van der Waals surface area contributed by atoms with Gasteiger partial charge in [0.15, 0.2) is 17.3 Å². The number of anilines is 1. The summed E-state index contributed by atoms with van der Waals surface area (Å²) in [5.41, 5.74) is 4.13. The lowest BCUT2D eigenvalue weighted by molar-refractivity contribution is 0.0986. The van der Waals surface area contributed by atoms with Crippen LogP contribution < -0.4 is 14.8 Å². The first kappa shape index (κ1) is 17.1. The molecule has 0 unspecified atom stereocenters. The van der Waals surface area contributed by atoms with Gasteiger partial charge in [0.05, 0.1) is 0 Å². The van der Waals surface area contributed by atoms with Crippen LogP contribution in [0.3, 0.4) is 0 Å². The van der Waals surface area contributed by atoms with E-state index in [1.165, 1.54) is 11.1 Å². The van der Waals surface area contributed by atoms with Crippen LogP contribution in [0.2, 0.25) is 0 Å². The van der Waals surface area contributed by atoms with Crippen LogP contribution >= 0.6 is 0 Å². The number of carbonyl (C=O) groups is 1. The monoisotopic (exact) mass is 360 g/mol. The lowest BCUT2D eigenvalue weighted by Gasteiger charge is -2.08. The molecule has 0 saturated carbocycles. The van der Waals surface area contributed by atoms with Gasteiger partial charge in [0.1, 0.15) is 0 Å². The summed E-state index contributed by atoms with van der Waals surface area (Å²) in [5.74, 6) is 1.41. The smallest absolute Gasteiger partial charge is 0.231 e. The van der Waals surface area contributed by atoms with Gasteiger partial charge in [0.2, 0.25) is 6.79 Å². The lowest BCUT2D eigenvalue weighted by Crippen LogP contribution is -2.09. The number of carbonyl (C=O) groups excluding carboxylic acids is 1. The molecule has 2 heterocycles. The third kappa shape index (κ3) is 4.26. The van der Waals surface area contributed by atoms with E-state index >= 15 is 0 Å². The molecule has 0 bridgehead atoms. The zero-order chi connectivity index (χ0) is 18.5. The number of Topliss-reactive ketones (excluding diaryl/α,β-unsaturated/α-hetero) is 1. The zero-order valence-electron chi connectivity index (χ0n) is 14.9. The van der Waals surface area contributed by atoms with Crippen molar-refractivity contribution in [1.82, 2.24) is 4.98 Å². The van der Waals surface area contributed by atoms with Gasteiger partial charge in [0, 0.05) is 36.6 Å². The Kier molecular flexibility index (Phi) is 5.01. The molecule has 1 aromatic heterocycles. The number of pyridine rings is 1. The summed E-state index contributed by atoms with van der Waals surface area (Å²) < 4.78 is 10.6. The van der Waals surface area contributed by atoms with E-state index in [0.29, 0.717) is 30.0 Å². The number of nitrogens with one attached hydrogen (secondary N) is 1. The quantitative estimate of drug-likeness (QED) is 0.643. The van der Waals surface area contributed by atoms with Crippen LogP contribution in [-0.4, -0.2) is 24.1 Å². The first-order valence-corrected chi connectivity index (χ1v) is 8.92. The molecular formula is C22H20N2O3. The average molecular weight is 360 g/mol. The average Bonchev–Trinajstić information content (AvgIpc) is 3.18. The maximum absolute atomic E-state index is 12.4. The molecule has 27 heavy (non-hydrogen) atoms. The van der Waals surface area contributed by atoms with E-state index in [0.717, 1.165) is 12.1 Å². The van der Waals surface area contributed by atoms with Gasteiger partial charge in [-0.1, -0.05) is 12.1 Å². The van der Waals surface area contributed by atoms with Crippen LogP contribution in [-0.2, 0) is 6.42 Å². The van der Waals surface area contributed by atoms with Crippen molar-refractivity contribution in [3.8, 4) is 11.5 Å². The maximum atomic E-state index is 12.4. The lowest BCUT2D eigenvalue weighted by atomic mass is 10.1. The van der Waals surface area contributed by atoms with E-state index in [-0.39, 0.29) is 12.6 Å². The van der Waals surface area contributed by atoms with Gasteiger partial charge in [-0.15, -0.1) is 0 Å². The number of benzene rings is 2. The van der Waals surface area contributed by atoms with E-state index in [9.17, 15) is 4.79 Å². The molecule has 1 N–H and O–H groups in total. The van der Waals surface area contributed by atoms with Crippen LogP contribution in [0.25, 0.3) is 0 Å². The molecule has 5 nitrogen and oxygen atoms in total. The van der Waals surface area contributed by atoms with Crippen LogP contribution in [0.5, 0.6) is 11.5 Å². The van der Waals surface area contributed by atoms with Gasteiger partial charge in [0.25, 0.3) is 0 Å². The van der Waals surface area contributed by atoms with E-state index in [1.807, 2.05) is 36.7 Å². The van der Waals surface area contributed by atoms with Gasteiger partial charge < -0.3 is 14.8 Å². The van der Waals surface area contributed by atoms with Crippen LogP contribution in [0.4, 0.5) is 5.69 Å². The number of ketones is 1. The molecule has 3 aromatic rings. The molecule has 0 radical (unpaired) electrons. The number of hydrogen-bond donors (Lipinski definition) is 1. The Morgan fingerprint density at radius 1 is 0.926 bits per heavy atom. The number of rotatable bonds is 7. The summed E-state index contributed by atoms with van der Waals surface area (Å²) in [6.07, 6.45) is 4.91. The summed E-state index contributed by atoms with van der Waals surface area (Å²) >= 11 is 0. The third-order valence-electron chi connectivity index (χ3n) is 4.49. The van der Waals surface area contributed by atoms with E-state index in [2.05, 4.69) is 22.4 Å². The Morgan fingerprint density at radius 3 is 2.48 bits per heavy atom. The van der Waals surface area contributed by atoms with E-state index in [1.54, 1.807) is 18.2 Å². The molecule has 0 amide bonds. The molecule has 4 rings (SSSR count). The van der Waals surface area contributed by atoms with Crippen LogP contribution in [0.1, 0.15) is 27.9 Å². The number of aromatic nitrogens is 1. The number of nitrogens with zero attached hydrogens (tertiary/aromatic N) is 1. The van der Waals surface area contributed by atoms with Crippen molar-refractivity contribution in [3.63, 3.8) is 0 Å². The fraction of sp³-hybridized carbons (Fsp3) is 0.182. The summed E-state index contributed by atoms with van der Waals surface area (Å²) in [4.78, 5) is 16.4. The number of fused-ring (bicyclic) bond motifs is 1. The second-order valence-electron chi connectivity index (χ2n) is 6.40. The highest BCUT2D eigenvalue weighted by Gasteiger charge is 2.15. The predicted molar refractivity (Wildman–Crippen MR) is 103 cm³/mol. The van der Waals surface area contributed by atoms with Crippen molar-refractivity contribution in [3.05, 3.63) is 83.7 Å². The minimum absolute atomic E-state index is 0.0788. The standard InChI is InChI=1S/C22H20N2O3/c25-20(18-3-6-21-22(14-18)27-15-26-21)9-12-24-19-4-1-16(2-5-19)13-17-7-10-23-11-8-17/h1-8,10-11,14,24H,9,12-13,15H2. The molecule has 136 valence electrons. The van der Waals surface area contributed by atoms with Gasteiger partial charge in [-0.05, 0) is 60.0 Å². The number of hydrogen-bond acceptors (Lipinski definition) is 5. The molecule has 1 aliphatic heterocycles. The Balaban J connectivity index is 1.28. The summed E-state index contributed by atoms with van der Waals surface area (Å²) in [6, 6.07) is 17.6. The first-order valence-electron chi connectivity index (χ1n) is 8.92. The highest BCUT2D eigenvalue weighted by Crippen LogP contribution is 2.32. The summed E-state index contributed by atoms with van der Waals surface area (Å²) in [6.45, 7) is 0.794. The molecule has 0 saturated heterocycles. The Morgan fingerprint density at radius 2 is 1.67 bits per heavy atom. The molecule has 2 aromatic carbocycles. The molecule has 1 aliphatic rings. The Hall–Kier alpha value is -3.34. The molecule has 0 fully saturated rings. The van der Waals surface area contributed by atoms with Gasteiger partial charge in [-0.3, -0.25) is 9.78 Å². The zero-order valence-corrected chi connectivity index (χ0v) is 14.9. The molecule has 5 heteroatoms. The topological polar surface area (TPSA) is 60.5 Å². The summed E-state index contributed by atoms with van der Waals surface area (Å²) in [5, 5.41) is 3.30. The number of ether oxygens (including phenoxy) is 2. The van der Waals surface area contributed by atoms with Gasteiger partial charge >= 0.3 is 0 Å². The second kappa shape index (κ2) is 7.91. The normalized spacial score (nSPS) is 12.0. The van der Waals surface area contributed by atoms with Crippen LogP contribution in [0, 0.1) is 0 Å². The fourth-order valence-corrected chi connectivity index (χ4v) is 3.01. The Bertz CT molecular complexity index is 924. The van der Waals surface area contributed by atoms with Gasteiger partial charge in [-0.2, -0.15) is 0 Å². The third-order valence-corrected chi connectivity index (χ3v) is 4.49. The van der Waals surface area contributed by atoms with Crippen molar-refractivity contribution in [2.75, 3.05) is 18.7 Å². The van der Waals surface area contributed by atoms with Crippen LogP contribution in [0.15, 0.2) is 67.0 Å².